The standard InChI is InChI=1S/C17H35NO2/c1-6-8-10-11-12-14-15(13-9-7-2)16(17(19)20)18(3,4)5/h15-16H,6-14H2,1-5H3/p+1. The van der Waals surface area contributed by atoms with Gasteiger partial charge in [0, 0.05) is 5.92 Å². The maximum Gasteiger partial charge on any atom is 0.362 e. The van der Waals surface area contributed by atoms with Crippen molar-refractivity contribution in [3.63, 3.8) is 0 Å². The van der Waals surface area contributed by atoms with Crippen molar-refractivity contribution in [2.45, 2.75) is 77.7 Å². The van der Waals surface area contributed by atoms with Gasteiger partial charge in [0.15, 0.2) is 6.04 Å². The van der Waals surface area contributed by atoms with Crippen LogP contribution in [0.1, 0.15) is 71.6 Å². The molecule has 0 bridgehead atoms. The van der Waals surface area contributed by atoms with E-state index in [2.05, 4.69) is 13.8 Å². The molecule has 3 nitrogen and oxygen atoms in total. The van der Waals surface area contributed by atoms with Gasteiger partial charge in [0.1, 0.15) is 0 Å². The van der Waals surface area contributed by atoms with E-state index in [1.807, 2.05) is 21.1 Å². The lowest BCUT2D eigenvalue weighted by Crippen LogP contribution is -2.53. The number of carboxylic acids is 1. The minimum atomic E-state index is -0.632. The third-order valence-corrected chi connectivity index (χ3v) is 4.14. The average molecular weight is 286 g/mol. The Morgan fingerprint density at radius 2 is 1.40 bits per heavy atom. The minimum absolute atomic E-state index is 0.271. The normalized spacial score (nSPS) is 15.1. The first-order chi connectivity index (χ1) is 9.34. The van der Waals surface area contributed by atoms with E-state index in [-0.39, 0.29) is 6.04 Å². The van der Waals surface area contributed by atoms with Gasteiger partial charge in [-0.2, -0.15) is 0 Å². The first-order valence-corrected chi connectivity index (χ1v) is 8.38. The van der Waals surface area contributed by atoms with Crippen LogP contribution in [0.25, 0.3) is 0 Å². The van der Waals surface area contributed by atoms with Crippen LogP contribution in [0, 0.1) is 5.92 Å². The summed E-state index contributed by atoms with van der Waals surface area (Å²) in [5.41, 5.74) is 0. The zero-order chi connectivity index (χ0) is 15.6. The lowest BCUT2D eigenvalue weighted by molar-refractivity contribution is -0.891. The summed E-state index contributed by atoms with van der Waals surface area (Å²) < 4.78 is 0.526. The number of carboxylic acid groups (broad SMARTS) is 1. The summed E-state index contributed by atoms with van der Waals surface area (Å²) in [6.07, 6.45) is 10.7. The molecule has 1 N–H and O–H groups in total. The summed E-state index contributed by atoms with van der Waals surface area (Å²) in [5, 5.41) is 9.60. The van der Waals surface area contributed by atoms with Crippen LogP contribution in [0.5, 0.6) is 0 Å². The van der Waals surface area contributed by atoms with Gasteiger partial charge < -0.3 is 9.59 Å². The van der Waals surface area contributed by atoms with Crippen LogP contribution in [-0.2, 0) is 4.79 Å². The smallest absolute Gasteiger partial charge is 0.362 e. The van der Waals surface area contributed by atoms with Crippen LogP contribution in [-0.4, -0.2) is 42.7 Å². The van der Waals surface area contributed by atoms with E-state index < -0.39 is 5.97 Å². The molecule has 3 heteroatoms. The molecule has 0 radical (unpaired) electrons. The highest BCUT2D eigenvalue weighted by Crippen LogP contribution is 2.26. The summed E-state index contributed by atoms with van der Waals surface area (Å²) in [7, 11) is 6.03. The van der Waals surface area contributed by atoms with E-state index in [1.54, 1.807) is 0 Å². The van der Waals surface area contributed by atoms with E-state index >= 15 is 0 Å². The molecule has 0 rings (SSSR count). The SMILES string of the molecule is CCCCCCCC(CCCC)C(C(=O)O)[N+](C)(C)C. The third kappa shape index (κ3) is 7.88. The molecule has 0 saturated heterocycles. The Morgan fingerprint density at radius 3 is 1.85 bits per heavy atom. The molecule has 0 aromatic rings. The number of hydrogen-bond donors (Lipinski definition) is 1. The van der Waals surface area contributed by atoms with Crippen LogP contribution >= 0.6 is 0 Å². The number of aliphatic carboxylic acids is 1. The van der Waals surface area contributed by atoms with Crippen molar-refractivity contribution in [1.82, 2.24) is 0 Å². The van der Waals surface area contributed by atoms with Crippen LogP contribution in [0.3, 0.4) is 0 Å². The van der Waals surface area contributed by atoms with Gasteiger partial charge in [-0.05, 0) is 12.8 Å². The van der Waals surface area contributed by atoms with Crippen molar-refractivity contribution in [1.29, 1.82) is 0 Å². The van der Waals surface area contributed by atoms with Gasteiger partial charge in [-0.15, -0.1) is 0 Å². The van der Waals surface area contributed by atoms with Crippen LogP contribution in [0.15, 0.2) is 0 Å². The second kappa shape index (κ2) is 10.2. The van der Waals surface area contributed by atoms with Crippen molar-refractivity contribution in [2.24, 2.45) is 5.92 Å². The number of likely N-dealkylation sites (N-methyl/N-ethyl adjacent to an activating group) is 1. The Morgan fingerprint density at radius 1 is 0.900 bits per heavy atom. The highest BCUT2D eigenvalue weighted by molar-refractivity contribution is 5.72. The maximum absolute atomic E-state index is 11.7. The molecule has 2 unspecified atom stereocenters. The molecule has 0 saturated carbocycles. The Bertz CT molecular complexity index is 258. The van der Waals surface area contributed by atoms with Gasteiger partial charge in [0.2, 0.25) is 0 Å². The number of rotatable bonds is 12. The Kier molecular flexibility index (Phi) is 9.91. The molecule has 0 fully saturated rings. The number of carbonyl (C=O) groups is 1. The van der Waals surface area contributed by atoms with E-state index in [9.17, 15) is 9.90 Å². The molecule has 0 heterocycles. The van der Waals surface area contributed by atoms with Crippen LogP contribution < -0.4 is 0 Å². The topological polar surface area (TPSA) is 37.3 Å². The lowest BCUT2D eigenvalue weighted by Gasteiger charge is -2.36. The molecule has 0 aliphatic heterocycles. The van der Waals surface area contributed by atoms with Gasteiger partial charge in [0.25, 0.3) is 0 Å². The van der Waals surface area contributed by atoms with E-state index in [1.165, 1.54) is 32.1 Å². The fourth-order valence-corrected chi connectivity index (χ4v) is 3.10. The number of nitrogens with zero attached hydrogens (tertiary/aromatic N) is 1. The van der Waals surface area contributed by atoms with Gasteiger partial charge in [0.05, 0.1) is 21.1 Å². The molecule has 0 aliphatic carbocycles. The fraction of sp³-hybridized carbons (Fsp3) is 0.941. The summed E-state index contributed by atoms with van der Waals surface area (Å²) in [4.78, 5) is 11.7. The molecule has 2 atom stereocenters. The van der Waals surface area contributed by atoms with Crippen molar-refractivity contribution in [3.8, 4) is 0 Å². The Balaban J connectivity index is 4.54. The minimum Gasteiger partial charge on any atom is -0.477 e. The van der Waals surface area contributed by atoms with E-state index in [0.29, 0.717) is 10.4 Å². The molecule has 0 aromatic carbocycles. The average Bonchev–Trinajstić information content (AvgIpc) is 2.33. The summed E-state index contributed by atoms with van der Waals surface area (Å²) in [6.45, 7) is 4.40. The second-order valence-electron chi connectivity index (χ2n) is 7.00. The van der Waals surface area contributed by atoms with Crippen LogP contribution in [0.2, 0.25) is 0 Å². The van der Waals surface area contributed by atoms with Gasteiger partial charge in [-0.3, -0.25) is 0 Å². The number of hydrogen-bond acceptors (Lipinski definition) is 1. The summed E-state index contributed by atoms with van der Waals surface area (Å²) in [6, 6.07) is -0.271. The molecular formula is C17H36NO2+. The van der Waals surface area contributed by atoms with Crippen molar-refractivity contribution >= 4 is 5.97 Å². The molecule has 20 heavy (non-hydrogen) atoms. The molecule has 0 aliphatic rings. The van der Waals surface area contributed by atoms with Gasteiger partial charge in [-0.25, -0.2) is 4.79 Å². The Labute approximate surface area is 126 Å². The predicted octanol–water partition coefficient (Wildman–Crippen LogP) is 4.31. The largest absolute Gasteiger partial charge is 0.477 e. The highest BCUT2D eigenvalue weighted by atomic mass is 16.4. The van der Waals surface area contributed by atoms with Gasteiger partial charge in [-0.1, -0.05) is 58.8 Å². The molecule has 0 amide bonds. The van der Waals surface area contributed by atoms with E-state index in [4.69, 9.17) is 0 Å². The van der Waals surface area contributed by atoms with Gasteiger partial charge >= 0.3 is 5.97 Å². The summed E-state index contributed by atoms with van der Waals surface area (Å²) >= 11 is 0. The second-order valence-corrected chi connectivity index (χ2v) is 7.00. The molecular weight excluding hydrogens is 250 g/mol. The van der Waals surface area contributed by atoms with Crippen LogP contribution in [0.4, 0.5) is 0 Å². The first-order valence-electron chi connectivity index (χ1n) is 8.38. The number of quaternary nitrogens is 1. The summed E-state index contributed by atoms with van der Waals surface area (Å²) in [5.74, 6) is -0.318. The third-order valence-electron chi connectivity index (χ3n) is 4.14. The maximum atomic E-state index is 11.7. The van der Waals surface area contributed by atoms with E-state index in [0.717, 1.165) is 25.7 Å². The molecule has 0 spiro atoms. The fourth-order valence-electron chi connectivity index (χ4n) is 3.10. The predicted molar refractivity (Wildman–Crippen MR) is 85.8 cm³/mol. The van der Waals surface area contributed by atoms with Crippen molar-refractivity contribution in [3.05, 3.63) is 0 Å². The molecule has 120 valence electrons. The zero-order valence-corrected chi connectivity index (χ0v) is 14.3. The first kappa shape index (κ1) is 19.4. The Hall–Kier alpha value is -0.570. The monoisotopic (exact) mass is 286 g/mol. The zero-order valence-electron chi connectivity index (χ0n) is 14.3. The number of unbranched alkanes of at least 4 members (excludes halogenated alkanes) is 5. The lowest BCUT2D eigenvalue weighted by atomic mass is 9.87. The quantitative estimate of drug-likeness (QED) is 0.429. The van der Waals surface area contributed by atoms with Crippen molar-refractivity contribution < 1.29 is 14.4 Å². The molecule has 0 aromatic heterocycles. The van der Waals surface area contributed by atoms with Crippen molar-refractivity contribution in [2.75, 3.05) is 21.1 Å². The highest BCUT2D eigenvalue weighted by Gasteiger charge is 2.38.